The summed E-state index contributed by atoms with van der Waals surface area (Å²) in [5, 5.41) is 22.0. The van der Waals surface area contributed by atoms with Crippen LogP contribution in [0.1, 0.15) is 64.4 Å². The van der Waals surface area contributed by atoms with Crippen molar-refractivity contribution >= 4 is 17.8 Å². The lowest BCUT2D eigenvalue weighted by Crippen LogP contribution is -2.55. The molecule has 3 atom stereocenters. The number of aromatic hydroxyl groups is 1. The topological polar surface area (TPSA) is 125 Å². The summed E-state index contributed by atoms with van der Waals surface area (Å²) in [4.78, 5) is 41.0. The molecule has 1 saturated carbocycles. The Kier molecular flexibility index (Phi) is 9.73. The van der Waals surface area contributed by atoms with Crippen LogP contribution in [0.5, 0.6) is 5.75 Å². The first-order valence-electron chi connectivity index (χ1n) is 12.9. The number of likely N-dealkylation sites (tertiary alicyclic amines) is 1. The highest BCUT2D eigenvalue weighted by atomic mass is 16.5. The highest BCUT2D eigenvalue weighted by Crippen LogP contribution is 2.31. The van der Waals surface area contributed by atoms with Crippen LogP contribution in [0.15, 0.2) is 24.3 Å². The molecule has 9 heteroatoms. The molecule has 3 rings (SSSR count). The molecular formula is C27H40N2O7. The van der Waals surface area contributed by atoms with Crippen LogP contribution in [-0.4, -0.2) is 76.9 Å². The fourth-order valence-corrected chi connectivity index (χ4v) is 5.37. The van der Waals surface area contributed by atoms with Gasteiger partial charge in [0, 0.05) is 19.6 Å². The molecule has 1 aliphatic heterocycles. The number of esters is 1. The van der Waals surface area contributed by atoms with E-state index in [1.54, 1.807) is 12.1 Å². The quantitative estimate of drug-likeness (QED) is 0.418. The molecule has 2 amide bonds. The van der Waals surface area contributed by atoms with Gasteiger partial charge >= 0.3 is 5.97 Å². The number of aliphatic hydroxyl groups is 1. The van der Waals surface area contributed by atoms with Gasteiger partial charge in [-0.25, -0.2) is 4.79 Å². The van der Waals surface area contributed by atoms with E-state index in [2.05, 4.69) is 5.32 Å². The summed E-state index contributed by atoms with van der Waals surface area (Å²) in [5.74, 6) is -1.07. The Balaban J connectivity index is 1.79. The molecule has 9 nitrogen and oxygen atoms in total. The minimum atomic E-state index is -0.800. The number of amides is 2. The lowest BCUT2D eigenvalue weighted by Gasteiger charge is -2.34. The second-order valence-corrected chi connectivity index (χ2v) is 10.5. The maximum Gasteiger partial charge on any atom is 0.328 e. The Morgan fingerprint density at radius 3 is 2.56 bits per heavy atom. The third kappa shape index (κ3) is 7.43. The number of hydrogen-bond donors (Lipinski definition) is 3. The van der Waals surface area contributed by atoms with E-state index in [1.807, 2.05) is 13.8 Å². The van der Waals surface area contributed by atoms with E-state index >= 15 is 0 Å². The lowest BCUT2D eigenvalue weighted by molar-refractivity contribution is -0.152. The second kappa shape index (κ2) is 12.5. The predicted molar refractivity (Wildman–Crippen MR) is 133 cm³/mol. The fraction of sp³-hybridized carbons (Fsp3) is 0.667. The Labute approximate surface area is 213 Å². The Hall–Kier alpha value is -2.65. The molecule has 0 spiro atoms. The van der Waals surface area contributed by atoms with E-state index in [1.165, 1.54) is 24.1 Å². The van der Waals surface area contributed by atoms with E-state index in [0.29, 0.717) is 18.4 Å². The van der Waals surface area contributed by atoms with Crippen LogP contribution in [0.4, 0.5) is 0 Å². The Morgan fingerprint density at radius 2 is 1.92 bits per heavy atom. The molecule has 36 heavy (non-hydrogen) atoms. The summed E-state index contributed by atoms with van der Waals surface area (Å²) < 4.78 is 11.2. The number of methoxy groups -OCH3 is 1. The van der Waals surface area contributed by atoms with E-state index in [9.17, 15) is 24.6 Å². The van der Waals surface area contributed by atoms with Gasteiger partial charge in [-0.05, 0) is 56.7 Å². The Morgan fingerprint density at radius 1 is 1.19 bits per heavy atom. The first kappa shape index (κ1) is 27.9. The average molecular weight is 505 g/mol. The lowest BCUT2D eigenvalue weighted by atomic mass is 9.83. The molecule has 1 saturated heterocycles. The van der Waals surface area contributed by atoms with Crippen LogP contribution in [0.25, 0.3) is 0 Å². The van der Waals surface area contributed by atoms with Gasteiger partial charge < -0.3 is 29.9 Å². The van der Waals surface area contributed by atoms with Crippen LogP contribution < -0.4 is 5.32 Å². The molecule has 0 radical (unpaired) electrons. The van der Waals surface area contributed by atoms with Gasteiger partial charge in [-0.2, -0.15) is 0 Å². The highest BCUT2D eigenvalue weighted by molar-refractivity contribution is 5.92. The maximum absolute atomic E-state index is 13.9. The first-order valence-corrected chi connectivity index (χ1v) is 12.9. The number of nitrogens with zero attached hydrogens (tertiary/aromatic N) is 1. The number of carbonyl (C=O) groups excluding carboxylic acids is 3. The van der Waals surface area contributed by atoms with Crippen molar-refractivity contribution in [3.63, 3.8) is 0 Å². The average Bonchev–Trinajstić information content (AvgIpc) is 3.25. The van der Waals surface area contributed by atoms with E-state index in [4.69, 9.17) is 9.47 Å². The molecule has 0 unspecified atom stereocenters. The van der Waals surface area contributed by atoms with Crippen LogP contribution in [0, 0.1) is 5.92 Å². The van der Waals surface area contributed by atoms with Crippen LogP contribution in [0.3, 0.4) is 0 Å². The molecule has 1 aliphatic carbocycles. The van der Waals surface area contributed by atoms with Crippen molar-refractivity contribution in [3.05, 3.63) is 29.8 Å². The van der Waals surface area contributed by atoms with Crippen LogP contribution >= 0.6 is 0 Å². The molecule has 1 heterocycles. The minimum Gasteiger partial charge on any atom is -0.508 e. The summed E-state index contributed by atoms with van der Waals surface area (Å²) in [6.45, 7) is 3.91. The van der Waals surface area contributed by atoms with Crippen LogP contribution in [-0.2, 0) is 30.3 Å². The van der Waals surface area contributed by atoms with Crippen molar-refractivity contribution in [1.82, 2.24) is 10.2 Å². The van der Waals surface area contributed by atoms with Gasteiger partial charge in [0.15, 0.2) is 0 Å². The summed E-state index contributed by atoms with van der Waals surface area (Å²) in [6, 6.07) is 4.93. The zero-order valence-electron chi connectivity index (χ0n) is 21.6. The molecule has 1 aromatic rings. The second-order valence-electron chi connectivity index (χ2n) is 10.5. The first-order chi connectivity index (χ1) is 17.1. The molecule has 2 fully saturated rings. The monoisotopic (exact) mass is 504 g/mol. The number of aliphatic hydroxyl groups excluding tert-OH is 1. The van der Waals surface area contributed by atoms with Crippen LogP contribution in [0.2, 0.25) is 0 Å². The van der Waals surface area contributed by atoms with Gasteiger partial charge in [0.1, 0.15) is 17.8 Å². The van der Waals surface area contributed by atoms with Crippen molar-refractivity contribution in [2.75, 3.05) is 20.3 Å². The molecule has 2 aliphatic rings. The van der Waals surface area contributed by atoms with Gasteiger partial charge in [0.25, 0.3) is 0 Å². The third-order valence-corrected chi connectivity index (χ3v) is 7.20. The van der Waals surface area contributed by atoms with E-state index < -0.39 is 29.8 Å². The number of ether oxygens (including phenoxy) is 2. The number of hydrogen-bond acceptors (Lipinski definition) is 7. The molecule has 200 valence electrons. The summed E-state index contributed by atoms with van der Waals surface area (Å²) in [7, 11) is 1.30. The minimum absolute atomic E-state index is 0.0246. The standard InChI is InChI=1S/C27H40N2O7/c1-27(2,12-13-30)36-21-16-22(26(34)35-3)29(17-21)25(33)24(19-9-5-4-6-10-19)28-23(32)15-18-8-7-11-20(31)14-18/h7-8,11,14,19,21-22,24,30-31H,4-6,9-10,12-13,15-17H2,1-3H3,(H,28,32)/t21-,22+,24+/m1/s1. The Bertz CT molecular complexity index is 913. The number of carbonyl (C=O) groups is 3. The zero-order valence-corrected chi connectivity index (χ0v) is 21.6. The van der Waals surface area contributed by atoms with E-state index in [0.717, 1.165) is 32.1 Å². The predicted octanol–water partition coefficient (Wildman–Crippen LogP) is 2.32. The largest absolute Gasteiger partial charge is 0.508 e. The smallest absolute Gasteiger partial charge is 0.328 e. The summed E-state index contributed by atoms with van der Waals surface area (Å²) in [6.07, 6.45) is 5.07. The normalized spacial score (nSPS) is 21.7. The molecule has 0 bridgehead atoms. The number of nitrogens with one attached hydrogen (secondary N) is 1. The maximum atomic E-state index is 13.9. The molecule has 0 aromatic heterocycles. The van der Waals surface area contributed by atoms with Crippen molar-refractivity contribution in [2.24, 2.45) is 5.92 Å². The van der Waals surface area contributed by atoms with Gasteiger partial charge in [-0.3, -0.25) is 9.59 Å². The van der Waals surface area contributed by atoms with Crippen molar-refractivity contribution in [3.8, 4) is 5.75 Å². The van der Waals surface area contributed by atoms with Gasteiger partial charge in [-0.15, -0.1) is 0 Å². The highest BCUT2D eigenvalue weighted by Gasteiger charge is 2.46. The number of rotatable bonds is 10. The summed E-state index contributed by atoms with van der Waals surface area (Å²) >= 11 is 0. The number of phenolic OH excluding ortho intramolecular Hbond substituents is 1. The van der Waals surface area contributed by atoms with Gasteiger partial charge in [-0.1, -0.05) is 31.4 Å². The van der Waals surface area contributed by atoms with Gasteiger partial charge in [0.05, 0.1) is 25.2 Å². The SMILES string of the molecule is COC(=O)[C@@H]1C[C@@H](OC(C)(C)CCO)CN1C(=O)[C@@H](NC(=O)Cc1cccc(O)c1)C1CCCCC1. The van der Waals surface area contributed by atoms with Crippen molar-refractivity contribution < 1.29 is 34.1 Å². The molecular weight excluding hydrogens is 464 g/mol. The number of phenols is 1. The van der Waals surface area contributed by atoms with Crippen molar-refractivity contribution in [2.45, 2.75) is 89.0 Å². The zero-order chi connectivity index (χ0) is 26.3. The fourth-order valence-electron chi connectivity index (χ4n) is 5.37. The third-order valence-electron chi connectivity index (χ3n) is 7.20. The number of benzene rings is 1. The summed E-state index contributed by atoms with van der Waals surface area (Å²) in [5.41, 5.74) is 0.0349. The van der Waals surface area contributed by atoms with Crippen molar-refractivity contribution in [1.29, 1.82) is 0 Å². The van der Waals surface area contributed by atoms with E-state index in [-0.39, 0.29) is 43.1 Å². The molecule has 3 N–H and O–H groups in total. The van der Waals surface area contributed by atoms with Gasteiger partial charge in [0.2, 0.25) is 11.8 Å². The molecule has 1 aromatic carbocycles.